The number of carbonyl (C=O) groups is 1. The molecule has 1 aromatic carbocycles. The summed E-state index contributed by atoms with van der Waals surface area (Å²) in [4.78, 5) is 11.7. The SMILES string of the molecule is O=C(NCC1(O)CCSC1)Nc1cc(F)cc(Br)c1. The van der Waals surface area contributed by atoms with Crippen molar-refractivity contribution in [2.45, 2.75) is 12.0 Å². The number of rotatable bonds is 3. The van der Waals surface area contributed by atoms with Crippen LogP contribution in [0.3, 0.4) is 0 Å². The van der Waals surface area contributed by atoms with Crippen LogP contribution in [0.1, 0.15) is 6.42 Å². The summed E-state index contributed by atoms with van der Waals surface area (Å²) in [6, 6.07) is 3.68. The molecule has 0 spiro atoms. The Kier molecular flexibility index (Phi) is 4.70. The number of urea groups is 1. The minimum atomic E-state index is -0.829. The highest BCUT2D eigenvalue weighted by atomic mass is 79.9. The molecule has 0 saturated carbocycles. The van der Waals surface area contributed by atoms with Gasteiger partial charge in [-0.25, -0.2) is 9.18 Å². The smallest absolute Gasteiger partial charge is 0.319 e. The van der Waals surface area contributed by atoms with Crippen LogP contribution in [0.4, 0.5) is 14.9 Å². The van der Waals surface area contributed by atoms with Crippen LogP contribution < -0.4 is 10.6 Å². The van der Waals surface area contributed by atoms with Crippen LogP contribution in [0.2, 0.25) is 0 Å². The van der Waals surface area contributed by atoms with Crippen molar-refractivity contribution in [2.75, 3.05) is 23.4 Å². The predicted octanol–water partition coefficient (Wildman–Crippen LogP) is 2.58. The van der Waals surface area contributed by atoms with Crippen LogP contribution in [-0.4, -0.2) is 34.8 Å². The summed E-state index contributed by atoms with van der Waals surface area (Å²) in [7, 11) is 0. The van der Waals surface area contributed by atoms with Crippen LogP contribution in [0.25, 0.3) is 0 Å². The van der Waals surface area contributed by atoms with Gasteiger partial charge in [0.05, 0.1) is 5.60 Å². The lowest BCUT2D eigenvalue weighted by Crippen LogP contribution is -2.44. The summed E-state index contributed by atoms with van der Waals surface area (Å²) < 4.78 is 13.7. The third-order valence-corrected chi connectivity index (χ3v) is 4.47. The second-order valence-electron chi connectivity index (χ2n) is 4.49. The first-order chi connectivity index (χ1) is 8.97. The topological polar surface area (TPSA) is 61.4 Å². The number of nitrogens with one attached hydrogen (secondary N) is 2. The molecule has 0 radical (unpaired) electrons. The Labute approximate surface area is 123 Å². The van der Waals surface area contributed by atoms with E-state index in [1.165, 1.54) is 12.1 Å². The molecule has 0 aliphatic carbocycles. The minimum absolute atomic E-state index is 0.197. The van der Waals surface area contributed by atoms with Gasteiger partial charge in [-0.2, -0.15) is 11.8 Å². The lowest BCUT2D eigenvalue weighted by Gasteiger charge is -2.21. The van der Waals surface area contributed by atoms with E-state index >= 15 is 0 Å². The highest BCUT2D eigenvalue weighted by Crippen LogP contribution is 2.27. The summed E-state index contributed by atoms with van der Waals surface area (Å²) in [6.45, 7) is 0.197. The quantitative estimate of drug-likeness (QED) is 0.786. The zero-order valence-corrected chi connectivity index (χ0v) is 12.5. The number of hydrogen-bond donors (Lipinski definition) is 3. The van der Waals surface area contributed by atoms with Gasteiger partial charge in [-0.15, -0.1) is 0 Å². The first kappa shape index (κ1) is 14.6. The predicted molar refractivity (Wildman–Crippen MR) is 78.0 cm³/mol. The van der Waals surface area contributed by atoms with Gasteiger partial charge >= 0.3 is 6.03 Å². The summed E-state index contributed by atoms with van der Waals surface area (Å²) >= 11 is 4.81. The minimum Gasteiger partial charge on any atom is -0.387 e. The molecule has 7 heteroatoms. The summed E-state index contributed by atoms with van der Waals surface area (Å²) in [5, 5.41) is 15.2. The van der Waals surface area contributed by atoms with Gasteiger partial charge in [0.25, 0.3) is 0 Å². The van der Waals surface area contributed by atoms with E-state index in [0.29, 0.717) is 22.3 Å². The molecule has 1 fully saturated rings. The van der Waals surface area contributed by atoms with Crippen LogP contribution in [0, 0.1) is 5.82 Å². The van der Waals surface area contributed by atoms with Crippen molar-refractivity contribution in [3.05, 3.63) is 28.5 Å². The van der Waals surface area contributed by atoms with E-state index < -0.39 is 17.4 Å². The lowest BCUT2D eigenvalue weighted by atomic mass is 10.0. The molecule has 2 rings (SSSR count). The van der Waals surface area contributed by atoms with Gasteiger partial charge in [-0.05, 0) is 30.4 Å². The van der Waals surface area contributed by atoms with E-state index in [1.54, 1.807) is 17.8 Å². The van der Waals surface area contributed by atoms with Crippen molar-refractivity contribution in [2.24, 2.45) is 0 Å². The Morgan fingerprint density at radius 1 is 1.53 bits per heavy atom. The molecular weight excluding hydrogens is 335 g/mol. The van der Waals surface area contributed by atoms with Gasteiger partial charge in [0.1, 0.15) is 5.82 Å². The largest absolute Gasteiger partial charge is 0.387 e. The average molecular weight is 349 g/mol. The fourth-order valence-electron chi connectivity index (χ4n) is 1.78. The molecule has 1 aliphatic rings. The van der Waals surface area contributed by atoms with Crippen molar-refractivity contribution < 1.29 is 14.3 Å². The summed E-state index contributed by atoms with van der Waals surface area (Å²) in [5.41, 5.74) is -0.470. The Hall–Kier alpha value is -0.790. The molecule has 1 unspecified atom stereocenters. The molecule has 1 aromatic rings. The average Bonchev–Trinajstić information content (AvgIpc) is 2.73. The zero-order valence-electron chi connectivity index (χ0n) is 10.1. The van der Waals surface area contributed by atoms with Gasteiger partial charge in [-0.1, -0.05) is 15.9 Å². The van der Waals surface area contributed by atoms with E-state index in [-0.39, 0.29) is 6.54 Å². The molecule has 104 valence electrons. The third kappa shape index (κ3) is 4.36. The number of halogens is 2. The first-order valence-electron chi connectivity index (χ1n) is 5.78. The van der Waals surface area contributed by atoms with Gasteiger partial charge in [0.2, 0.25) is 0 Å². The Balaban J connectivity index is 1.87. The molecule has 1 heterocycles. The molecule has 1 saturated heterocycles. The van der Waals surface area contributed by atoms with E-state index in [1.807, 2.05) is 0 Å². The molecule has 1 aliphatic heterocycles. The zero-order chi connectivity index (χ0) is 13.9. The van der Waals surface area contributed by atoms with Crippen molar-refractivity contribution >= 4 is 39.4 Å². The van der Waals surface area contributed by atoms with Crippen molar-refractivity contribution in [3.63, 3.8) is 0 Å². The maximum atomic E-state index is 13.1. The fourth-order valence-corrected chi connectivity index (χ4v) is 3.54. The maximum Gasteiger partial charge on any atom is 0.319 e. The van der Waals surface area contributed by atoms with Crippen LogP contribution >= 0.6 is 27.7 Å². The number of hydrogen-bond acceptors (Lipinski definition) is 3. The molecule has 0 bridgehead atoms. The normalized spacial score (nSPS) is 22.3. The van der Waals surface area contributed by atoms with E-state index in [2.05, 4.69) is 26.6 Å². The Morgan fingerprint density at radius 2 is 2.32 bits per heavy atom. The van der Waals surface area contributed by atoms with Crippen molar-refractivity contribution in [3.8, 4) is 0 Å². The number of thioether (sulfide) groups is 1. The number of anilines is 1. The number of carbonyl (C=O) groups excluding carboxylic acids is 1. The fraction of sp³-hybridized carbons (Fsp3) is 0.417. The molecule has 4 nitrogen and oxygen atoms in total. The van der Waals surface area contributed by atoms with Crippen molar-refractivity contribution in [1.29, 1.82) is 0 Å². The third-order valence-electron chi connectivity index (χ3n) is 2.78. The van der Waals surface area contributed by atoms with E-state index in [4.69, 9.17) is 0 Å². The highest BCUT2D eigenvalue weighted by molar-refractivity contribution is 9.10. The Morgan fingerprint density at radius 3 is 2.95 bits per heavy atom. The first-order valence-corrected chi connectivity index (χ1v) is 7.73. The number of benzene rings is 1. The van der Waals surface area contributed by atoms with Crippen LogP contribution in [-0.2, 0) is 0 Å². The summed E-state index contributed by atoms with van der Waals surface area (Å²) in [5.74, 6) is 1.09. The van der Waals surface area contributed by atoms with Crippen LogP contribution in [0.15, 0.2) is 22.7 Å². The molecular formula is C12H14BrFN2O2S. The van der Waals surface area contributed by atoms with E-state index in [9.17, 15) is 14.3 Å². The number of amides is 2. The van der Waals surface area contributed by atoms with Crippen molar-refractivity contribution in [1.82, 2.24) is 5.32 Å². The monoisotopic (exact) mass is 348 g/mol. The molecule has 3 N–H and O–H groups in total. The van der Waals surface area contributed by atoms with Gasteiger partial charge < -0.3 is 15.7 Å². The highest BCUT2D eigenvalue weighted by Gasteiger charge is 2.31. The second kappa shape index (κ2) is 6.11. The van der Waals surface area contributed by atoms with Gasteiger partial charge in [0.15, 0.2) is 0 Å². The molecule has 2 amide bonds. The molecule has 19 heavy (non-hydrogen) atoms. The van der Waals surface area contributed by atoms with Gasteiger partial charge in [0, 0.05) is 22.5 Å². The standard InChI is InChI=1S/C12H14BrFN2O2S/c13-8-3-9(14)5-10(4-8)16-11(17)15-6-12(18)1-2-19-7-12/h3-5,18H,1-2,6-7H2,(H2,15,16,17). The molecule has 0 aromatic heterocycles. The summed E-state index contributed by atoms with van der Waals surface area (Å²) in [6.07, 6.45) is 0.670. The van der Waals surface area contributed by atoms with Gasteiger partial charge in [-0.3, -0.25) is 0 Å². The Bertz CT molecular complexity index is 461. The maximum absolute atomic E-state index is 13.1. The lowest BCUT2D eigenvalue weighted by molar-refractivity contribution is 0.0706. The number of aliphatic hydroxyl groups is 1. The molecule has 1 atom stereocenters. The van der Waals surface area contributed by atoms with E-state index in [0.717, 1.165) is 5.75 Å². The van der Waals surface area contributed by atoms with Crippen LogP contribution in [0.5, 0.6) is 0 Å². The second-order valence-corrected chi connectivity index (χ2v) is 6.51.